The van der Waals surface area contributed by atoms with E-state index >= 15 is 0 Å². The summed E-state index contributed by atoms with van der Waals surface area (Å²) in [6.07, 6.45) is 3.72. The molecule has 4 unspecified atom stereocenters. The van der Waals surface area contributed by atoms with Gasteiger partial charge in [-0.05, 0) is 24.7 Å². The Kier molecular flexibility index (Phi) is 4.29. The predicted octanol–water partition coefficient (Wildman–Crippen LogP) is 2.58. The fourth-order valence-electron chi connectivity index (χ4n) is 3.97. The van der Waals surface area contributed by atoms with E-state index in [9.17, 15) is 5.11 Å². The van der Waals surface area contributed by atoms with E-state index in [0.29, 0.717) is 24.1 Å². The van der Waals surface area contributed by atoms with Gasteiger partial charge in [0.2, 0.25) is 0 Å². The number of aliphatic hydroxyl groups is 1. The van der Waals surface area contributed by atoms with Crippen molar-refractivity contribution in [3.8, 4) is 0 Å². The molecule has 0 aromatic heterocycles. The van der Waals surface area contributed by atoms with Gasteiger partial charge in [-0.2, -0.15) is 0 Å². The van der Waals surface area contributed by atoms with Gasteiger partial charge in [0, 0.05) is 36.6 Å². The Morgan fingerprint density at radius 3 is 2.63 bits per heavy atom. The van der Waals surface area contributed by atoms with Gasteiger partial charge in [0.1, 0.15) is 0 Å². The molecule has 1 saturated carbocycles. The summed E-state index contributed by atoms with van der Waals surface area (Å²) in [5.41, 5.74) is 0.392. The van der Waals surface area contributed by atoms with E-state index in [4.69, 9.17) is 4.74 Å². The van der Waals surface area contributed by atoms with E-state index in [-0.39, 0.29) is 17.4 Å². The summed E-state index contributed by atoms with van der Waals surface area (Å²) in [7, 11) is 0. The number of fused-ring (bicyclic) bond motifs is 1. The molecule has 3 heteroatoms. The summed E-state index contributed by atoms with van der Waals surface area (Å²) < 4.78 is 5.96. The quantitative estimate of drug-likeness (QED) is 0.824. The molecule has 2 rings (SSSR count). The van der Waals surface area contributed by atoms with Crippen LogP contribution in [0.2, 0.25) is 0 Å². The first-order chi connectivity index (χ1) is 8.78. The fraction of sp³-hybridized carbons (Fsp3) is 1.00. The minimum atomic E-state index is 0.180. The second kappa shape index (κ2) is 5.34. The van der Waals surface area contributed by atoms with E-state index in [1.807, 2.05) is 0 Å². The van der Waals surface area contributed by atoms with E-state index < -0.39 is 0 Å². The standard InChI is InChI=1S/C16H31NO2/c1-15(2,3)12(8-9-18)17-13-11-7-6-10-19-14(11)16(13,4)5/h11-14,17-18H,6-10H2,1-5H3. The van der Waals surface area contributed by atoms with Crippen LogP contribution in [-0.4, -0.2) is 36.5 Å². The van der Waals surface area contributed by atoms with Gasteiger partial charge >= 0.3 is 0 Å². The van der Waals surface area contributed by atoms with Crippen LogP contribution >= 0.6 is 0 Å². The highest BCUT2D eigenvalue weighted by atomic mass is 16.5. The molecule has 2 fully saturated rings. The van der Waals surface area contributed by atoms with Crippen molar-refractivity contribution in [2.24, 2.45) is 16.7 Å². The van der Waals surface area contributed by atoms with Gasteiger partial charge in [-0.1, -0.05) is 34.6 Å². The zero-order valence-corrected chi connectivity index (χ0v) is 13.2. The van der Waals surface area contributed by atoms with Gasteiger partial charge < -0.3 is 15.2 Å². The zero-order valence-electron chi connectivity index (χ0n) is 13.2. The first-order valence-electron chi connectivity index (χ1n) is 7.77. The number of hydrogen-bond donors (Lipinski definition) is 2. The van der Waals surface area contributed by atoms with Crippen molar-refractivity contribution in [1.82, 2.24) is 5.32 Å². The Labute approximate surface area is 118 Å². The van der Waals surface area contributed by atoms with Gasteiger partial charge in [-0.25, -0.2) is 0 Å². The summed E-state index contributed by atoms with van der Waals surface area (Å²) in [5, 5.41) is 13.1. The highest BCUT2D eigenvalue weighted by molar-refractivity contribution is 5.11. The van der Waals surface area contributed by atoms with Crippen molar-refractivity contribution in [3.63, 3.8) is 0 Å². The first kappa shape index (κ1) is 15.3. The number of aliphatic hydroxyl groups excluding tert-OH is 1. The number of nitrogens with one attached hydrogen (secondary N) is 1. The minimum absolute atomic E-state index is 0.180. The van der Waals surface area contributed by atoms with Crippen molar-refractivity contribution in [3.05, 3.63) is 0 Å². The topological polar surface area (TPSA) is 41.5 Å². The van der Waals surface area contributed by atoms with Crippen LogP contribution in [-0.2, 0) is 4.74 Å². The highest BCUT2D eigenvalue weighted by Crippen LogP contribution is 2.51. The SMILES string of the molecule is CC(C)(C)C(CCO)NC1C2CCCOC2C1(C)C. The Bertz CT molecular complexity index is 308. The molecule has 0 aromatic rings. The Morgan fingerprint density at radius 1 is 1.37 bits per heavy atom. The summed E-state index contributed by atoms with van der Waals surface area (Å²) in [6, 6.07) is 0.887. The fourth-order valence-corrected chi connectivity index (χ4v) is 3.97. The lowest BCUT2D eigenvalue weighted by Crippen LogP contribution is -2.71. The summed E-state index contributed by atoms with van der Waals surface area (Å²) in [4.78, 5) is 0. The third-order valence-corrected chi connectivity index (χ3v) is 5.17. The van der Waals surface area contributed by atoms with Crippen molar-refractivity contribution >= 4 is 0 Å². The second-order valence-electron chi connectivity index (χ2n) is 7.99. The van der Waals surface area contributed by atoms with Crippen LogP contribution in [0.15, 0.2) is 0 Å². The number of ether oxygens (including phenoxy) is 1. The molecule has 1 aliphatic heterocycles. The molecule has 0 bridgehead atoms. The van der Waals surface area contributed by atoms with Gasteiger partial charge in [0.05, 0.1) is 6.10 Å². The Hall–Kier alpha value is -0.120. The molecule has 19 heavy (non-hydrogen) atoms. The van der Waals surface area contributed by atoms with Crippen LogP contribution < -0.4 is 5.32 Å². The van der Waals surface area contributed by atoms with Crippen LogP contribution in [0.4, 0.5) is 0 Å². The molecular weight excluding hydrogens is 238 g/mol. The Balaban J connectivity index is 2.04. The molecule has 2 aliphatic rings. The predicted molar refractivity (Wildman–Crippen MR) is 78.1 cm³/mol. The molecule has 1 heterocycles. The molecule has 2 N–H and O–H groups in total. The van der Waals surface area contributed by atoms with Gasteiger partial charge in [-0.3, -0.25) is 0 Å². The lowest BCUT2D eigenvalue weighted by Gasteiger charge is -2.61. The lowest BCUT2D eigenvalue weighted by molar-refractivity contribution is -0.196. The van der Waals surface area contributed by atoms with E-state index in [2.05, 4.69) is 39.9 Å². The van der Waals surface area contributed by atoms with Crippen LogP contribution in [0.5, 0.6) is 0 Å². The van der Waals surface area contributed by atoms with Crippen molar-refractivity contribution < 1.29 is 9.84 Å². The maximum Gasteiger partial charge on any atom is 0.0684 e. The lowest BCUT2D eigenvalue weighted by atomic mass is 9.55. The molecule has 0 radical (unpaired) electrons. The summed E-state index contributed by atoms with van der Waals surface area (Å²) in [6.45, 7) is 12.6. The van der Waals surface area contributed by atoms with Crippen molar-refractivity contribution in [2.45, 2.75) is 72.1 Å². The molecule has 4 atom stereocenters. The van der Waals surface area contributed by atoms with Crippen LogP contribution in [0.3, 0.4) is 0 Å². The van der Waals surface area contributed by atoms with Crippen LogP contribution in [0, 0.1) is 16.7 Å². The highest BCUT2D eigenvalue weighted by Gasteiger charge is 2.58. The molecule has 0 spiro atoms. The maximum atomic E-state index is 9.30. The van der Waals surface area contributed by atoms with Crippen LogP contribution in [0.25, 0.3) is 0 Å². The molecule has 1 aliphatic carbocycles. The largest absolute Gasteiger partial charge is 0.396 e. The smallest absolute Gasteiger partial charge is 0.0684 e. The van der Waals surface area contributed by atoms with Gasteiger partial charge in [0.15, 0.2) is 0 Å². The Morgan fingerprint density at radius 2 is 2.05 bits per heavy atom. The number of hydrogen-bond acceptors (Lipinski definition) is 3. The van der Waals surface area contributed by atoms with Gasteiger partial charge in [0.25, 0.3) is 0 Å². The molecule has 1 saturated heterocycles. The van der Waals surface area contributed by atoms with Gasteiger partial charge in [-0.15, -0.1) is 0 Å². The maximum absolute atomic E-state index is 9.30. The first-order valence-corrected chi connectivity index (χ1v) is 7.77. The molecule has 0 aromatic carbocycles. The number of rotatable bonds is 4. The third kappa shape index (κ3) is 2.84. The molecular formula is C16H31NO2. The summed E-state index contributed by atoms with van der Waals surface area (Å²) >= 11 is 0. The third-order valence-electron chi connectivity index (χ3n) is 5.17. The molecule has 112 valence electrons. The van der Waals surface area contributed by atoms with E-state index in [0.717, 1.165) is 13.0 Å². The van der Waals surface area contributed by atoms with E-state index in [1.54, 1.807) is 0 Å². The van der Waals surface area contributed by atoms with Crippen LogP contribution in [0.1, 0.15) is 53.9 Å². The average molecular weight is 269 g/mol. The van der Waals surface area contributed by atoms with Crippen molar-refractivity contribution in [1.29, 1.82) is 0 Å². The normalized spacial score (nSPS) is 35.4. The summed E-state index contributed by atoms with van der Waals surface area (Å²) in [5.74, 6) is 0.660. The molecule has 0 amide bonds. The monoisotopic (exact) mass is 269 g/mol. The molecule has 3 nitrogen and oxygen atoms in total. The second-order valence-corrected chi connectivity index (χ2v) is 7.99. The van der Waals surface area contributed by atoms with E-state index in [1.165, 1.54) is 12.8 Å². The average Bonchev–Trinajstić information content (AvgIpc) is 2.32. The van der Waals surface area contributed by atoms with Crippen molar-refractivity contribution in [2.75, 3.05) is 13.2 Å². The minimum Gasteiger partial charge on any atom is -0.396 e. The zero-order chi connectivity index (χ0) is 14.3.